The molecule has 1 aromatic carbocycles. The molecular formula is C22H19ClF8N4O3. The van der Waals surface area contributed by atoms with Gasteiger partial charge in [0.2, 0.25) is 17.8 Å². The largest absolute Gasteiger partial charge is 0.573 e. The summed E-state index contributed by atoms with van der Waals surface area (Å²) in [5, 5.41) is 2.34. The van der Waals surface area contributed by atoms with E-state index in [1.807, 2.05) is 0 Å². The first-order valence-corrected chi connectivity index (χ1v) is 11.3. The molecule has 16 heteroatoms. The molecule has 0 unspecified atom stereocenters. The van der Waals surface area contributed by atoms with Gasteiger partial charge in [-0.1, -0.05) is 11.6 Å². The van der Waals surface area contributed by atoms with Crippen molar-refractivity contribution in [3.05, 3.63) is 48.1 Å². The summed E-state index contributed by atoms with van der Waals surface area (Å²) in [6.07, 6.45) is -6.30. The van der Waals surface area contributed by atoms with Gasteiger partial charge in [0.1, 0.15) is 12.1 Å². The second kappa shape index (κ2) is 10.9. The van der Waals surface area contributed by atoms with Crippen LogP contribution < -0.4 is 15.0 Å². The number of halogens is 9. The lowest BCUT2D eigenvalue weighted by Crippen LogP contribution is -2.61. The standard InChI is InChI=1S/C22H19ClF8N4O3/c1-20(14-16(25)32-10-33-17(14)26,19(37)34-11-6-8-21(27,28)9-7-11)35(18(36)15(23)24)12-2-4-13(5-3-12)38-22(29,30)31/h2-5,10-11,15H,6-9H2,1H3,(H,34,37)/t15-,20+/m0/s1. The molecule has 2 atom stereocenters. The molecule has 38 heavy (non-hydrogen) atoms. The number of nitrogens with zero attached hydrogens (tertiary/aromatic N) is 3. The number of nitrogens with one attached hydrogen (secondary N) is 1. The molecule has 0 bridgehead atoms. The number of ether oxygens (including phenoxy) is 1. The van der Waals surface area contributed by atoms with E-state index in [0.29, 0.717) is 18.5 Å². The average molecular weight is 575 g/mol. The third-order valence-electron chi connectivity index (χ3n) is 5.92. The van der Waals surface area contributed by atoms with E-state index in [9.17, 15) is 44.7 Å². The topological polar surface area (TPSA) is 84.4 Å². The summed E-state index contributed by atoms with van der Waals surface area (Å²) in [6.45, 7) is 0.794. The van der Waals surface area contributed by atoms with E-state index in [4.69, 9.17) is 11.6 Å². The molecule has 1 aliphatic rings. The molecule has 1 aromatic heterocycles. The number of carbonyl (C=O) groups excluding carboxylic acids is 2. The monoisotopic (exact) mass is 574 g/mol. The summed E-state index contributed by atoms with van der Waals surface area (Å²) in [7, 11) is 0. The normalized spacial score (nSPS) is 18.3. The van der Waals surface area contributed by atoms with Crippen molar-refractivity contribution < 1.29 is 49.4 Å². The number of amides is 2. The fraction of sp³-hybridized carbons (Fsp3) is 0.455. The summed E-state index contributed by atoms with van der Waals surface area (Å²) < 4.78 is 113. The van der Waals surface area contributed by atoms with Crippen LogP contribution in [0.3, 0.4) is 0 Å². The van der Waals surface area contributed by atoms with Crippen molar-refractivity contribution in [2.75, 3.05) is 4.90 Å². The molecule has 0 saturated heterocycles. The molecule has 2 aromatic rings. The number of alkyl halides is 7. The number of benzene rings is 1. The molecule has 3 rings (SSSR count). The molecule has 0 aliphatic heterocycles. The molecule has 0 spiro atoms. The van der Waals surface area contributed by atoms with E-state index in [1.54, 1.807) is 0 Å². The number of hydrogen-bond donors (Lipinski definition) is 1. The maximum Gasteiger partial charge on any atom is 0.573 e. The van der Waals surface area contributed by atoms with E-state index in [0.717, 1.165) is 19.1 Å². The van der Waals surface area contributed by atoms with Gasteiger partial charge in [0, 0.05) is 24.6 Å². The predicted octanol–water partition coefficient (Wildman–Crippen LogP) is 5.13. The van der Waals surface area contributed by atoms with Gasteiger partial charge in [-0.2, -0.15) is 8.78 Å². The van der Waals surface area contributed by atoms with Crippen molar-refractivity contribution in [2.24, 2.45) is 0 Å². The lowest BCUT2D eigenvalue weighted by Gasteiger charge is -2.41. The van der Waals surface area contributed by atoms with Crippen LogP contribution >= 0.6 is 11.6 Å². The minimum Gasteiger partial charge on any atom is -0.406 e. The number of rotatable bonds is 7. The Balaban J connectivity index is 2.14. The summed E-state index contributed by atoms with van der Waals surface area (Å²) in [6, 6.07) is 2.03. The average Bonchev–Trinajstić information content (AvgIpc) is 2.80. The van der Waals surface area contributed by atoms with Gasteiger partial charge in [-0.05, 0) is 44.0 Å². The summed E-state index contributed by atoms with van der Waals surface area (Å²) in [5.41, 5.74) is -7.50. The number of carbonyl (C=O) groups is 2. The minimum absolute atomic E-state index is 0.222. The maximum absolute atomic E-state index is 14.9. The SMILES string of the molecule is C[C@](C(=O)NC1CCC(F)(F)CC1)(c1c(F)ncnc1F)N(C(=O)[C@H](F)Cl)c1ccc(OC(F)(F)F)cc1. The minimum atomic E-state index is -5.09. The second-order valence-corrected chi connectivity index (χ2v) is 8.91. The predicted molar refractivity (Wildman–Crippen MR) is 116 cm³/mol. The molecule has 1 saturated carbocycles. The van der Waals surface area contributed by atoms with Crippen LogP contribution in [0.2, 0.25) is 0 Å². The highest BCUT2D eigenvalue weighted by Gasteiger charge is 2.51. The smallest absolute Gasteiger partial charge is 0.406 e. The summed E-state index contributed by atoms with van der Waals surface area (Å²) in [5.74, 6) is -10.1. The number of aromatic nitrogens is 2. The fourth-order valence-corrected chi connectivity index (χ4v) is 4.18. The lowest BCUT2D eigenvalue weighted by molar-refractivity contribution is -0.274. The lowest BCUT2D eigenvalue weighted by atomic mass is 9.87. The van der Waals surface area contributed by atoms with E-state index in [-0.39, 0.29) is 17.7 Å². The van der Waals surface area contributed by atoms with Crippen LogP contribution in [0.25, 0.3) is 0 Å². The van der Waals surface area contributed by atoms with Gasteiger partial charge in [-0.15, -0.1) is 13.2 Å². The van der Waals surface area contributed by atoms with Gasteiger partial charge in [-0.25, -0.2) is 23.1 Å². The Morgan fingerprint density at radius 1 is 1.11 bits per heavy atom. The van der Waals surface area contributed by atoms with Crippen molar-refractivity contribution in [2.45, 2.75) is 62.1 Å². The zero-order chi connectivity index (χ0) is 28.5. The first kappa shape index (κ1) is 29.3. The van der Waals surface area contributed by atoms with Crippen molar-refractivity contribution in [1.82, 2.24) is 15.3 Å². The van der Waals surface area contributed by atoms with Crippen LogP contribution in [-0.2, 0) is 15.1 Å². The molecule has 1 N–H and O–H groups in total. The fourth-order valence-electron chi connectivity index (χ4n) is 4.08. The molecule has 1 aliphatic carbocycles. The molecule has 7 nitrogen and oxygen atoms in total. The Bertz CT molecular complexity index is 1150. The van der Waals surface area contributed by atoms with Gasteiger partial charge in [-0.3, -0.25) is 14.5 Å². The van der Waals surface area contributed by atoms with E-state index in [2.05, 4.69) is 20.0 Å². The van der Waals surface area contributed by atoms with Gasteiger partial charge < -0.3 is 10.1 Å². The van der Waals surface area contributed by atoms with E-state index in [1.165, 1.54) is 0 Å². The Labute approximate surface area is 215 Å². The number of anilines is 1. The van der Waals surface area contributed by atoms with Crippen LogP contribution in [-0.4, -0.2) is 45.7 Å². The highest BCUT2D eigenvalue weighted by atomic mass is 35.5. The number of hydrogen-bond acceptors (Lipinski definition) is 5. The Morgan fingerprint density at radius 3 is 2.11 bits per heavy atom. The third-order valence-corrected chi connectivity index (χ3v) is 6.11. The van der Waals surface area contributed by atoms with Crippen LogP contribution in [0, 0.1) is 11.9 Å². The zero-order valence-corrected chi connectivity index (χ0v) is 20.1. The molecular weight excluding hydrogens is 556 g/mol. The second-order valence-electron chi connectivity index (χ2n) is 8.52. The quantitative estimate of drug-likeness (QED) is 0.282. The zero-order valence-electron chi connectivity index (χ0n) is 19.3. The van der Waals surface area contributed by atoms with Crippen molar-refractivity contribution in [1.29, 1.82) is 0 Å². The van der Waals surface area contributed by atoms with Crippen molar-refractivity contribution in [3.63, 3.8) is 0 Å². The van der Waals surface area contributed by atoms with Gasteiger partial charge in [0.25, 0.3) is 17.4 Å². The summed E-state index contributed by atoms with van der Waals surface area (Å²) >= 11 is 5.33. The highest BCUT2D eigenvalue weighted by molar-refractivity contribution is 6.32. The van der Waals surface area contributed by atoms with Gasteiger partial charge in [0.05, 0.1) is 5.56 Å². The van der Waals surface area contributed by atoms with Gasteiger partial charge in [0.15, 0.2) is 5.54 Å². The maximum atomic E-state index is 14.9. The first-order chi connectivity index (χ1) is 17.5. The highest BCUT2D eigenvalue weighted by Crippen LogP contribution is 2.39. The first-order valence-electron chi connectivity index (χ1n) is 10.9. The van der Waals surface area contributed by atoms with E-state index >= 15 is 0 Å². The molecule has 0 radical (unpaired) electrons. The van der Waals surface area contributed by atoms with Crippen LogP contribution in [0.4, 0.5) is 40.8 Å². The Hall–Kier alpha value is -3.23. The summed E-state index contributed by atoms with van der Waals surface area (Å²) in [4.78, 5) is 33.1. The molecule has 1 heterocycles. The van der Waals surface area contributed by atoms with E-state index < -0.39 is 83.0 Å². The Kier molecular flexibility index (Phi) is 8.39. The van der Waals surface area contributed by atoms with Gasteiger partial charge >= 0.3 is 6.36 Å². The molecule has 208 valence electrons. The van der Waals surface area contributed by atoms with Crippen LogP contribution in [0.15, 0.2) is 30.6 Å². The Morgan fingerprint density at radius 2 is 1.63 bits per heavy atom. The van der Waals surface area contributed by atoms with Crippen LogP contribution in [0.5, 0.6) is 5.75 Å². The molecule has 2 amide bonds. The third kappa shape index (κ3) is 6.42. The van der Waals surface area contributed by atoms with Crippen molar-refractivity contribution in [3.8, 4) is 5.75 Å². The van der Waals surface area contributed by atoms with Crippen LogP contribution in [0.1, 0.15) is 38.2 Å². The molecule has 1 fully saturated rings. The van der Waals surface area contributed by atoms with Crippen molar-refractivity contribution >= 4 is 29.1 Å².